The van der Waals surface area contributed by atoms with Crippen LogP contribution in [0, 0.1) is 11.3 Å². The molecule has 0 spiro atoms. The summed E-state index contributed by atoms with van der Waals surface area (Å²) in [6, 6.07) is 2.46. The second kappa shape index (κ2) is 3.15. The van der Waals surface area contributed by atoms with Gasteiger partial charge in [-0.25, -0.2) is 9.92 Å². The van der Waals surface area contributed by atoms with Crippen LogP contribution in [0.2, 0.25) is 10.0 Å². The molecule has 0 unspecified atom stereocenters. The smallest absolute Gasteiger partial charge is 0.160 e. The van der Waals surface area contributed by atoms with Crippen LogP contribution >= 0.6 is 23.2 Å². The highest BCUT2D eigenvalue weighted by Gasteiger charge is 2.06. The Hall–Kier alpha value is -0.670. The second-order valence-corrected chi connectivity index (χ2v) is 2.65. The van der Waals surface area contributed by atoms with Crippen LogP contribution in [-0.2, 0) is 0 Å². The van der Waals surface area contributed by atoms with E-state index in [0.717, 1.165) is 0 Å². The van der Waals surface area contributed by atoms with Crippen LogP contribution in [-0.4, -0.2) is 0 Å². The first-order valence-electron chi connectivity index (χ1n) is 2.67. The maximum absolute atomic E-state index is 12.7. The third-order valence-electron chi connectivity index (χ3n) is 1.10. The molecule has 0 saturated heterocycles. The Morgan fingerprint density at radius 2 is 1.73 bits per heavy atom. The number of benzene rings is 1. The SMILES string of the molecule is N=Nc1cc(Cl)c(F)c(Cl)c1. The third-order valence-corrected chi connectivity index (χ3v) is 1.65. The molecule has 11 heavy (non-hydrogen) atoms. The molecular formula is C6H3Cl2FN2. The predicted molar refractivity (Wildman–Crippen MR) is 41.2 cm³/mol. The molecule has 0 bridgehead atoms. The van der Waals surface area contributed by atoms with Crippen molar-refractivity contribution in [2.24, 2.45) is 5.11 Å². The summed E-state index contributed by atoms with van der Waals surface area (Å²) in [5.74, 6) is -0.680. The molecule has 1 aromatic carbocycles. The van der Waals surface area contributed by atoms with Crippen LogP contribution in [0.4, 0.5) is 10.1 Å². The predicted octanol–water partition coefficient (Wildman–Crippen LogP) is 3.79. The van der Waals surface area contributed by atoms with Crippen LogP contribution in [0.25, 0.3) is 0 Å². The number of halogens is 3. The van der Waals surface area contributed by atoms with Crippen molar-refractivity contribution in [3.63, 3.8) is 0 Å². The van der Waals surface area contributed by atoms with Gasteiger partial charge in [-0.05, 0) is 12.1 Å². The van der Waals surface area contributed by atoms with Crippen molar-refractivity contribution in [3.05, 3.63) is 28.0 Å². The zero-order valence-corrected chi connectivity index (χ0v) is 6.75. The molecule has 0 aliphatic carbocycles. The largest absolute Gasteiger partial charge is 0.204 e. The zero-order valence-electron chi connectivity index (χ0n) is 5.24. The van der Waals surface area contributed by atoms with E-state index in [1.165, 1.54) is 12.1 Å². The minimum Gasteiger partial charge on any atom is -0.204 e. The molecule has 58 valence electrons. The summed E-state index contributed by atoms with van der Waals surface area (Å²) >= 11 is 10.8. The second-order valence-electron chi connectivity index (χ2n) is 1.84. The van der Waals surface area contributed by atoms with E-state index in [1.54, 1.807) is 0 Å². The van der Waals surface area contributed by atoms with E-state index in [1.807, 2.05) is 0 Å². The van der Waals surface area contributed by atoms with Crippen molar-refractivity contribution in [1.82, 2.24) is 0 Å². The fourth-order valence-corrected chi connectivity index (χ4v) is 1.08. The normalized spacial score (nSPS) is 9.73. The molecule has 2 nitrogen and oxygen atoms in total. The van der Waals surface area contributed by atoms with Crippen LogP contribution in [0.1, 0.15) is 0 Å². The highest BCUT2D eigenvalue weighted by Crippen LogP contribution is 2.28. The van der Waals surface area contributed by atoms with E-state index in [2.05, 4.69) is 5.11 Å². The van der Waals surface area contributed by atoms with Gasteiger partial charge in [0.15, 0.2) is 5.82 Å². The van der Waals surface area contributed by atoms with E-state index in [-0.39, 0.29) is 15.7 Å². The molecule has 0 saturated carbocycles. The quantitative estimate of drug-likeness (QED) is 0.520. The maximum Gasteiger partial charge on any atom is 0.160 e. The van der Waals surface area contributed by atoms with Crippen LogP contribution in [0.5, 0.6) is 0 Å². The van der Waals surface area contributed by atoms with Gasteiger partial charge in [-0.15, -0.1) is 0 Å². The van der Waals surface area contributed by atoms with Crippen LogP contribution < -0.4 is 0 Å². The molecule has 0 aliphatic rings. The summed E-state index contributed by atoms with van der Waals surface area (Å²) in [6.07, 6.45) is 0. The fourth-order valence-electron chi connectivity index (χ4n) is 0.607. The zero-order chi connectivity index (χ0) is 8.43. The molecule has 0 aliphatic heterocycles. The lowest BCUT2D eigenvalue weighted by Gasteiger charge is -1.97. The fraction of sp³-hybridized carbons (Fsp3) is 0. The molecule has 1 rings (SSSR count). The Morgan fingerprint density at radius 1 is 1.27 bits per heavy atom. The van der Waals surface area contributed by atoms with Gasteiger partial charge in [0.25, 0.3) is 0 Å². The van der Waals surface area contributed by atoms with Gasteiger partial charge in [0.05, 0.1) is 15.7 Å². The lowest BCUT2D eigenvalue weighted by molar-refractivity contribution is 0.628. The molecule has 0 aromatic heterocycles. The van der Waals surface area contributed by atoms with E-state index >= 15 is 0 Å². The minimum atomic E-state index is -0.680. The maximum atomic E-state index is 12.7. The summed E-state index contributed by atoms with van der Waals surface area (Å²) < 4.78 is 12.7. The molecule has 0 atom stereocenters. The number of hydrogen-bond donors (Lipinski definition) is 1. The summed E-state index contributed by atoms with van der Waals surface area (Å²) in [4.78, 5) is 0. The van der Waals surface area contributed by atoms with Crippen molar-refractivity contribution in [3.8, 4) is 0 Å². The van der Waals surface area contributed by atoms with Gasteiger partial charge in [0.2, 0.25) is 0 Å². The number of nitrogens with zero attached hydrogens (tertiary/aromatic N) is 1. The van der Waals surface area contributed by atoms with Crippen molar-refractivity contribution in [2.75, 3.05) is 0 Å². The molecule has 0 heterocycles. The third kappa shape index (κ3) is 1.67. The topological polar surface area (TPSA) is 36.2 Å². The van der Waals surface area contributed by atoms with Gasteiger partial charge in [-0.2, -0.15) is 5.11 Å². The van der Waals surface area contributed by atoms with E-state index < -0.39 is 5.82 Å². The summed E-state index contributed by atoms with van der Waals surface area (Å²) in [5.41, 5.74) is 6.83. The van der Waals surface area contributed by atoms with Gasteiger partial charge in [0, 0.05) is 0 Å². The Kier molecular flexibility index (Phi) is 2.42. The first kappa shape index (κ1) is 8.43. The number of nitrogens with one attached hydrogen (secondary N) is 1. The highest BCUT2D eigenvalue weighted by molar-refractivity contribution is 6.35. The Labute approximate surface area is 72.4 Å². The van der Waals surface area contributed by atoms with Gasteiger partial charge >= 0.3 is 0 Å². The standard InChI is InChI=1S/C6H3Cl2FN2/c7-4-1-3(11-10)2-5(8)6(4)9/h1-2,10H. The Bertz CT molecular complexity index is 278. The summed E-state index contributed by atoms with van der Waals surface area (Å²) in [7, 11) is 0. The minimum absolute atomic E-state index is 0.122. The molecule has 0 radical (unpaired) electrons. The van der Waals surface area contributed by atoms with Crippen molar-refractivity contribution in [2.45, 2.75) is 0 Å². The Balaban J connectivity index is 3.31. The Morgan fingerprint density at radius 3 is 2.09 bits per heavy atom. The van der Waals surface area contributed by atoms with Crippen molar-refractivity contribution >= 4 is 28.9 Å². The molecule has 1 aromatic rings. The summed E-state index contributed by atoms with van der Waals surface area (Å²) in [6.45, 7) is 0. The van der Waals surface area contributed by atoms with Gasteiger partial charge in [-0.1, -0.05) is 23.2 Å². The average molecular weight is 193 g/mol. The first-order chi connectivity index (χ1) is 5.15. The van der Waals surface area contributed by atoms with Gasteiger partial charge in [-0.3, -0.25) is 0 Å². The first-order valence-corrected chi connectivity index (χ1v) is 3.42. The number of hydrogen-bond acceptors (Lipinski definition) is 2. The molecule has 5 heteroatoms. The van der Waals surface area contributed by atoms with Crippen molar-refractivity contribution in [1.29, 1.82) is 5.53 Å². The van der Waals surface area contributed by atoms with E-state index in [4.69, 9.17) is 28.7 Å². The highest BCUT2D eigenvalue weighted by atomic mass is 35.5. The summed E-state index contributed by atoms with van der Waals surface area (Å²) in [5, 5.41) is 2.80. The van der Waals surface area contributed by atoms with Crippen LogP contribution in [0.15, 0.2) is 17.2 Å². The number of rotatable bonds is 1. The molecule has 0 amide bonds. The lowest BCUT2D eigenvalue weighted by atomic mass is 10.3. The van der Waals surface area contributed by atoms with Crippen molar-refractivity contribution < 1.29 is 4.39 Å². The van der Waals surface area contributed by atoms with E-state index in [9.17, 15) is 4.39 Å². The molecule has 0 fully saturated rings. The average Bonchev–Trinajstić information content (AvgIpc) is 1.99. The monoisotopic (exact) mass is 192 g/mol. The van der Waals surface area contributed by atoms with E-state index in [0.29, 0.717) is 0 Å². The van der Waals surface area contributed by atoms with Gasteiger partial charge in [0.1, 0.15) is 0 Å². The van der Waals surface area contributed by atoms with Gasteiger partial charge < -0.3 is 0 Å². The molecule has 1 N–H and O–H groups in total. The molecular weight excluding hydrogens is 190 g/mol. The lowest BCUT2D eigenvalue weighted by Crippen LogP contribution is -1.77. The van der Waals surface area contributed by atoms with Crippen LogP contribution in [0.3, 0.4) is 0 Å².